The Labute approximate surface area is 119 Å². The summed E-state index contributed by atoms with van der Waals surface area (Å²) in [6.45, 7) is 2.24. The highest BCUT2D eigenvalue weighted by Gasteiger charge is 2.07. The van der Waals surface area contributed by atoms with E-state index in [1.807, 2.05) is 22.8 Å². The first-order valence-corrected chi connectivity index (χ1v) is 7.45. The van der Waals surface area contributed by atoms with Crippen LogP contribution in [0.25, 0.3) is 5.69 Å². The van der Waals surface area contributed by atoms with E-state index in [2.05, 4.69) is 29.3 Å². The molecule has 1 heterocycles. The van der Waals surface area contributed by atoms with E-state index in [4.69, 9.17) is 12.2 Å². The van der Waals surface area contributed by atoms with Crippen molar-refractivity contribution in [1.29, 1.82) is 0 Å². The van der Waals surface area contributed by atoms with E-state index in [0.717, 1.165) is 17.9 Å². The maximum absolute atomic E-state index is 5.32. The topological polar surface area (TPSA) is 33.6 Å². The van der Waals surface area contributed by atoms with Crippen molar-refractivity contribution in [2.45, 2.75) is 45.4 Å². The predicted molar refractivity (Wildman–Crippen MR) is 81.2 cm³/mol. The van der Waals surface area contributed by atoms with Gasteiger partial charge in [-0.05, 0) is 30.8 Å². The van der Waals surface area contributed by atoms with Crippen molar-refractivity contribution < 1.29 is 0 Å². The molecule has 19 heavy (non-hydrogen) atoms. The molecule has 1 aromatic heterocycles. The lowest BCUT2D eigenvalue weighted by atomic mass is 10.1. The number of nitrogens with zero attached hydrogens (tertiary/aromatic N) is 2. The summed E-state index contributed by atoms with van der Waals surface area (Å²) >= 11 is 5.32. The monoisotopic (exact) mass is 275 g/mol. The fraction of sp³-hybridized carbons (Fsp3) is 0.467. The van der Waals surface area contributed by atoms with Gasteiger partial charge in [0.25, 0.3) is 0 Å². The smallest absolute Gasteiger partial charge is 0.199 e. The van der Waals surface area contributed by atoms with Crippen LogP contribution in [0.1, 0.15) is 44.9 Å². The van der Waals surface area contributed by atoms with Crippen LogP contribution in [0.2, 0.25) is 0 Å². The number of H-pyrrole nitrogens is 1. The van der Waals surface area contributed by atoms with E-state index in [1.165, 1.54) is 32.1 Å². The van der Waals surface area contributed by atoms with Crippen LogP contribution < -0.4 is 0 Å². The van der Waals surface area contributed by atoms with Crippen molar-refractivity contribution in [3.8, 4) is 5.69 Å². The number of aromatic amines is 1. The number of benzene rings is 1. The highest BCUT2D eigenvalue weighted by Crippen LogP contribution is 2.13. The SMILES string of the molecule is CCCCCCCc1n[nH]c(=S)n1-c1ccccc1. The number of hydrogen-bond donors (Lipinski definition) is 1. The fourth-order valence-electron chi connectivity index (χ4n) is 2.23. The molecule has 0 aliphatic heterocycles. The van der Waals surface area contributed by atoms with Gasteiger partial charge in [0.1, 0.15) is 5.82 Å². The Bertz CT molecular complexity index is 542. The molecule has 1 aromatic carbocycles. The number of rotatable bonds is 7. The van der Waals surface area contributed by atoms with Gasteiger partial charge >= 0.3 is 0 Å². The molecule has 0 fully saturated rings. The van der Waals surface area contributed by atoms with Crippen LogP contribution in [0.5, 0.6) is 0 Å². The Morgan fingerprint density at radius 2 is 1.84 bits per heavy atom. The second kappa shape index (κ2) is 7.24. The minimum Gasteiger partial charge on any atom is -0.272 e. The number of unbranched alkanes of at least 4 members (excludes halogenated alkanes) is 4. The summed E-state index contributed by atoms with van der Waals surface area (Å²) in [4.78, 5) is 0. The summed E-state index contributed by atoms with van der Waals surface area (Å²) in [5, 5.41) is 7.26. The molecule has 0 unspecified atom stereocenters. The van der Waals surface area contributed by atoms with Crippen molar-refractivity contribution in [2.24, 2.45) is 0 Å². The van der Waals surface area contributed by atoms with Crippen molar-refractivity contribution in [2.75, 3.05) is 0 Å². The second-order valence-corrected chi connectivity index (χ2v) is 5.17. The van der Waals surface area contributed by atoms with E-state index in [9.17, 15) is 0 Å². The maximum atomic E-state index is 5.32. The molecule has 0 amide bonds. The molecule has 0 bridgehead atoms. The number of hydrogen-bond acceptors (Lipinski definition) is 2. The Kier molecular flexibility index (Phi) is 5.33. The third-order valence-corrected chi connectivity index (χ3v) is 3.53. The fourth-order valence-corrected chi connectivity index (χ4v) is 2.48. The lowest BCUT2D eigenvalue weighted by molar-refractivity contribution is 0.618. The number of aryl methyl sites for hydroxylation is 1. The van der Waals surface area contributed by atoms with Crippen LogP contribution in [0.15, 0.2) is 30.3 Å². The average Bonchev–Trinajstić information content (AvgIpc) is 2.81. The summed E-state index contributed by atoms with van der Waals surface area (Å²) in [6, 6.07) is 10.2. The Hall–Kier alpha value is -1.42. The molecule has 1 N–H and O–H groups in total. The van der Waals surface area contributed by atoms with Crippen molar-refractivity contribution in [3.63, 3.8) is 0 Å². The molecule has 0 spiro atoms. The predicted octanol–water partition coefficient (Wildman–Crippen LogP) is 4.44. The zero-order valence-corrected chi connectivity index (χ0v) is 12.2. The van der Waals surface area contributed by atoms with Gasteiger partial charge in [-0.3, -0.25) is 9.67 Å². The quantitative estimate of drug-likeness (QED) is 0.598. The number of para-hydroxylation sites is 1. The molecule has 0 atom stereocenters. The van der Waals surface area contributed by atoms with Crippen molar-refractivity contribution in [1.82, 2.24) is 14.8 Å². The summed E-state index contributed by atoms with van der Waals surface area (Å²) in [7, 11) is 0. The maximum Gasteiger partial charge on any atom is 0.199 e. The normalized spacial score (nSPS) is 10.8. The van der Waals surface area contributed by atoms with E-state index >= 15 is 0 Å². The first kappa shape index (κ1) is 14.0. The largest absolute Gasteiger partial charge is 0.272 e. The van der Waals surface area contributed by atoms with E-state index in [0.29, 0.717) is 4.77 Å². The minimum atomic E-state index is 0.676. The highest BCUT2D eigenvalue weighted by molar-refractivity contribution is 7.71. The van der Waals surface area contributed by atoms with Crippen LogP contribution in [0, 0.1) is 4.77 Å². The molecule has 0 radical (unpaired) electrons. The van der Waals surface area contributed by atoms with Gasteiger partial charge in [0.05, 0.1) is 0 Å². The van der Waals surface area contributed by atoms with Crippen molar-refractivity contribution in [3.05, 3.63) is 40.9 Å². The zero-order valence-electron chi connectivity index (χ0n) is 11.4. The molecule has 0 aliphatic carbocycles. The lowest BCUT2D eigenvalue weighted by Crippen LogP contribution is -2.01. The van der Waals surface area contributed by atoms with Gasteiger partial charge in [-0.15, -0.1) is 0 Å². The lowest BCUT2D eigenvalue weighted by Gasteiger charge is -2.06. The standard InChI is InChI=1S/C15H21N3S/c1-2-3-4-5-9-12-14-16-17-15(19)18(14)13-10-7-6-8-11-13/h6-8,10-11H,2-5,9,12H2,1H3,(H,17,19). The third-order valence-electron chi connectivity index (χ3n) is 3.26. The highest BCUT2D eigenvalue weighted by atomic mass is 32.1. The van der Waals surface area contributed by atoms with Gasteiger partial charge in [-0.2, -0.15) is 5.10 Å². The molecule has 2 rings (SSSR count). The van der Waals surface area contributed by atoms with Crippen molar-refractivity contribution >= 4 is 12.2 Å². The molecular weight excluding hydrogens is 254 g/mol. The van der Waals surface area contributed by atoms with Crippen LogP contribution >= 0.6 is 12.2 Å². The van der Waals surface area contributed by atoms with E-state index in [-0.39, 0.29) is 0 Å². The van der Waals surface area contributed by atoms with Crippen LogP contribution in [0.3, 0.4) is 0 Å². The van der Waals surface area contributed by atoms with Crippen LogP contribution in [-0.2, 0) is 6.42 Å². The van der Waals surface area contributed by atoms with E-state index < -0.39 is 0 Å². The zero-order chi connectivity index (χ0) is 13.5. The van der Waals surface area contributed by atoms with Crippen LogP contribution in [0.4, 0.5) is 0 Å². The molecule has 4 heteroatoms. The Morgan fingerprint density at radius 3 is 2.58 bits per heavy atom. The number of aromatic nitrogens is 3. The van der Waals surface area contributed by atoms with Crippen LogP contribution in [-0.4, -0.2) is 14.8 Å². The first-order chi connectivity index (χ1) is 9.33. The molecule has 0 saturated carbocycles. The van der Waals surface area contributed by atoms with Gasteiger partial charge in [0.2, 0.25) is 0 Å². The molecule has 0 saturated heterocycles. The minimum absolute atomic E-state index is 0.676. The molecule has 3 nitrogen and oxygen atoms in total. The summed E-state index contributed by atoms with van der Waals surface area (Å²) in [5.74, 6) is 1.03. The Morgan fingerprint density at radius 1 is 1.11 bits per heavy atom. The van der Waals surface area contributed by atoms with Gasteiger partial charge in [-0.1, -0.05) is 50.8 Å². The summed E-state index contributed by atoms with van der Waals surface area (Å²) in [6.07, 6.45) is 7.34. The molecule has 0 aliphatic rings. The van der Waals surface area contributed by atoms with Gasteiger partial charge in [0, 0.05) is 12.1 Å². The third kappa shape index (κ3) is 3.77. The second-order valence-electron chi connectivity index (χ2n) is 4.78. The summed E-state index contributed by atoms with van der Waals surface area (Å²) in [5.41, 5.74) is 1.09. The molecule has 2 aromatic rings. The van der Waals surface area contributed by atoms with Gasteiger partial charge in [-0.25, -0.2) is 0 Å². The molecular formula is C15H21N3S. The average molecular weight is 275 g/mol. The van der Waals surface area contributed by atoms with E-state index in [1.54, 1.807) is 0 Å². The van der Waals surface area contributed by atoms with Gasteiger partial charge < -0.3 is 0 Å². The number of nitrogens with one attached hydrogen (secondary N) is 1. The summed E-state index contributed by atoms with van der Waals surface area (Å²) < 4.78 is 2.71. The Balaban J connectivity index is 2.04. The molecule has 102 valence electrons. The first-order valence-electron chi connectivity index (χ1n) is 7.04. The van der Waals surface area contributed by atoms with Gasteiger partial charge in [0.15, 0.2) is 4.77 Å².